The second-order valence-corrected chi connectivity index (χ2v) is 7.18. The van der Waals surface area contributed by atoms with Crippen LogP contribution in [0.4, 0.5) is 0 Å². The van der Waals surface area contributed by atoms with Crippen molar-refractivity contribution in [3.63, 3.8) is 0 Å². The predicted octanol–water partition coefficient (Wildman–Crippen LogP) is 2.42. The molecule has 17 heavy (non-hydrogen) atoms. The SMILES string of the molecule is CN1CCCC(c2cccc(S(=O)(=O)Cl)c2)C1. The standard InChI is InChI=1S/C12H16ClNO2S/c1-14-7-3-5-11(9-14)10-4-2-6-12(8-10)17(13,15)16/h2,4,6,8,11H,3,5,7,9H2,1H3. The monoisotopic (exact) mass is 273 g/mol. The maximum Gasteiger partial charge on any atom is 0.261 e. The van der Waals surface area contributed by atoms with Crippen molar-refractivity contribution >= 4 is 19.7 Å². The van der Waals surface area contributed by atoms with Gasteiger partial charge in [-0.3, -0.25) is 0 Å². The first-order valence-corrected chi connectivity index (χ1v) is 8.01. The molecule has 0 radical (unpaired) electrons. The third kappa shape index (κ3) is 3.21. The van der Waals surface area contributed by atoms with E-state index in [0.29, 0.717) is 5.92 Å². The van der Waals surface area contributed by atoms with E-state index in [1.54, 1.807) is 18.2 Å². The molecular weight excluding hydrogens is 258 g/mol. The third-order valence-corrected chi connectivity index (χ3v) is 4.59. The van der Waals surface area contributed by atoms with E-state index in [4.69, 9.17) is 10.7 Å². The minimum absolute atomic E-state index is 0.199. The van der Waals surface area contributed by atoms with E-state index in [9.17, 15) is 8.42 Å². The molecule has 0 amide bonds. The van der Waals surface area contributed by atoms with Crippen LogP contribution in [0.2, 0.25) is 0 Å². The van der Waals surface area contributed by atoms with E-state index < -0.39 is 9.05 Å². The summed E-state index contributed by atoms with van der Waals surface area (Å²) in [6.45, 7) is 2.09. The average Bonchev–Trinajstić information content (AvgIpc) is 2.28. The Kier molecular flexibility index (Phi) is 3.76. The van der Waals surface area contributed by atoms with E-state index in [-0.39, 0.29) is 4.90 Å². The van der Waals surface area contributed by atoms with Crippen molar-refractivity contribution in [1.29, 1.82) is 0 Å². The summed E-state index contributed by atoms with van der Waals surface area (Å²) in [5.41, 5.74) is 1.07. The summed E-state index contributed by atoms with van der Waals surface area (Å²) in [5, 5.41) is 0. The number of nitrogens with zero attached hydrogens (tertiary/aromatic N) is 1. The maximum atomic E-state index is 11.3. The Hall–Kier alpha value is -0.580. The highest BCUT2D eigenvalue weighted by atomic mass is 35.7. The van der Waals surface area contributed by atoms with Crippen molar-refractivity contribution in [3.8, 4) is 0 Å². The van der Waals surface area contributed by atoms with Crippen molar-refractivity contribution in [3.05, 3.63) is 29.8 Å². The van der Waals surface area contributed by atoms with E-state index in [0.717, 1.165) is 31.5 Å². The van der Waals surface area contributed by atoms with Gasteiger partial charge >= 0.3 is 0 Å². The van der Waals surface area contributed by atoms with Crippen LogP contribution < -0.4 is 0 Å². The molecule has 94 valence electrons. The average molecular weight is 274 g/mol. The molecule has 1 aromatic carbocycles. The van der Waals surface area contributed by atoms with Crippen LogP contribution in [0.5, 0.6) is 0 Å². The zero-order valence-corrected chi connectivity index (χ0v) is 11.3. The van der Waals surface area contributed by atoms with E-state index in [2.05, 4.69) is 11.9 Å². The summed E-state index contributed by atoms with van der Waals surface area (Å²) in [7, 11) is 3.83. The summed E-state index contributed by atoms with van der Waals surface area (Å²) >= 11 is 0. The Labute approximate surface area is 107 Å². The molecule has 3 nitrogen and oxygen atoms in total. The number of likely N-dealkylation sites (N-methyl/N-ethyl adjacent to an activating group) is 1. The van der Waals surface area contributed by atoms with Gasteiger partial charge in [0, 0.05) is 17.2 Å². The Morgan fingerprint density at radius 1 is 1.41 bits per heavy atom. The molecule has 5 heteroatoms. The highest BCUT2D eigenvalue weighted by Crippen LogP contribution is 2.28. The fraction of sp³-hybridized carbons (Fsp3) is 0.500. The normalized spacial score (nSPS) is 22.6. The lowest BCUT2D eigenvalue weighted by molar-refractivity contribution is 0.250. The summed E-state index contributed by atoms with van der Waals surface area (Å²) in [6.07, 6.45) is 2.26. The van der Waals surface area contributed by atoms with Crippen molar-refractivity contribution < 1.29 is 8.42 Å². The second-order valence-electron chi connectivity index (χ2n) is 4.61. The number of hydrogen-bond acceptors (Lipinski definition) is 3. The first-order chi connectivity index (χ1) is 7.97. The molecule has 1 heterocycles. The lowest BCUT2D eigenvalue weighted by Crippen LogP contribution is -2.30. The fourth-order valence-electron chi connectivity index (χ4n) is 2.36. The van der Waals surface area contributed by atoms with Crippen molar-refractivity contribution in [2.75, 3.05) is 20.1 Å². The van der Waals surface area contributed by atoms with Crippen LogP contribution in [-0.4, -0.2) is 33.5 Å². The molecular formula is C12H16ClNO2S. The van der Waals surface area contributed by atoms with Crippen molar-refractivity contribution in [2.24, 2.45) is 0 Å². The number of hydrogen-bond donors (Lipinski definition) is 0. The van der Waals surface area contributed by atoms with Crippen LogP contribution in [0.25, 0.3) is 0 Å². The fourth-order valence-corrected chi connectivity index (χ4v) is 3.16. The lowest BCUT2D eigenvalue weighted by atomic mass is 9.91. The highest BCUT2D eigenvalue weighted by Gasteiger charge is 2.20. The van der Waals surface area contributed by atoms with Gasteiger partial charge < -0.3 is 4.90 Å². The molecule has 1 atom stereocenters. The Balaban J connectivity index is 2.27. The largest absolute Gasteiger partial charge is 0.306 e. The zero-order chi connectivity index (χ0) is 12.5. The number of piperidine rings is 1. The minimum Gasteiger partial charge on any atom is -0.306 e. The van der Waals surface area contributed by atoms with Gasteiger partial charge in [0.1, 0.15) is 0 Å². The number of rotatable bonds is 2. The van der Waals surface area contributed by atoms with E-state index >= 15 is 0 Å². The molecule has 1 fully saturated rings. The molecule has 0 saturated carbocycles. The maximum absolute atomic E-state index is 11.3. The minimum atomic E-state index is -3.62. The van der Waals surface area contributed by atoms with Crippen LogP contribution in [0.15, 0.2) is 29.2 Å². The lowest BCUT2D eigenvalue weighted by Gasteiger charge is -2.30. The van der Waals surface area contributed by atoms with Gasteiger partial charge in [0.15, 0.2) is 0 Å². The highest BCUT2D eigenvalue weighted by molar-refractivity contribution is 8.13. The topological polar surface area (TPSA) is 37.4 Å². The Morgan fingerprint density at radius 3 is 2.82 bits per heavy atom. The number of benzene rings is 1. The van der Waals surface area contributed by atoms with Crippen LogP contribution in [0.1, 0.15) is 24.3 Å². The van der Waals surface area contributed by atoms with Gasteiger partial charge in [-0.15, -0.1) is 0 Å². The van der Waals surface area contributed by atoms with Gasteiger partial charge in [0.25, 0.3) is 9.05 Å². The van der Waals surface area contributed by atoms with Crippen LogP contribution in [0.3, 0.4) is 0 Å². The molecule has 1 aliphatic heterocycles. The molecule has 0 N–H and O–H groups in total. The number of halogens is 1. The molecule has 1 aliphatic rings. The number of likely N-dealkylation sites (tertiary alicyclic amines) is 1. The summed E-state index contributed by atoms with van der Waals surface area (Å²) in [5.74, 6) is 0.409. The Bertz CT molecular complexity index is 501. The third-order valence-electron chi connectivity index (χ3n) is 3.24. The molecule has 0 aliphatic carbocycles. The first-order valence-electron chi connectivity index (χ1n) is 5.70. The van der Waals surface area contributed by atoms with Gasteiger partial charge in [-0.05, 0) is 50.0 Å². The van der Waals surface area contributed by atoms with Crippen LogP contribution in [0, 0.1) is 0 Å². The summed E-state index contributed by atoms with van der Waals surface area (Å²) in [4.78, 5) is 2.47. The van der Waals surface area contributed by atoms with Gasteiger partial charge in [-0.2, -0.15) is 0 Å². The quantitative estimate of drug-likeness (QED) is 0.777. The molecule has 1 unspecified atom stereocenters. The van der Waals surface area contributed by atoms with Gasteiger partial charge in [-0.1, -0.05) is 12.1 Å². The van der Waals surface area contributed by atoms with Crippen molar-refractivity contribution in [2.45, 2.75) is 23.7 Å². The van der Waals surface area contributed by atoms with E-state index in [1.807, 2.05) is 6.07 Å². The van der Waals surface area contributed by atoms with Crippen molar-refractivity contribution in [1.82, 2.24) is 4.90 Å². The second kappa shape index (κ2) is 4.96. The molecule has 0 aromatic heterocycles. The van der Waals surface area contributed by atoms with Crippen LogP contribution in [-0.2, 0) is 9.05 Å². The molecule has 0 bridgehead atoms. The zero-order valence-electron chi connectivity index (χ0n) is 9.77. The predicted molar refractivity (Wildman–Crippen MR) is 69.0 cm³/mol. The Morgan fingerprint density at radius 2 is 2.18 bits per heavy atom. The van der Waals surface area contributed by atoms with Gasteiger partial charge in [-0.25, -0.2) is 8.42 Å². The molecule has 0 spiro atoms. The molecule has 2 rings (SSSR count). The summed E-state index contributed by atoms with van der Waals surface area (Å²) in [6, 6.07) is 6.99. The van der Waals surface area contributed by atoms with Gasteiger partial charge in [0.05, 0.1) is 4.90 Å². The molecule has 1 saturated heterocycles. The first kappa shape index (κ1) is 12.9. The molecule has 1 aromatic rings. The van der Waals surface area contributed by atoms with E-state index in [1.165, 1.54) is 0 Å². The van der Waals surface area contributed by atoms with Crippen LogP contribution >= 0.6 is 10.7 Å². The van der Waals surface area contributed by atoms with Gasteiger partial charge in [0.2, 0.25) is 0 Å². The smallest absolute Gasteiger partial charge is 0.261 e. The summed E-state index contributed by atoms with van der Waals surface area (Å²) < 4.78 is 22.6.